The van der Waals surface area contributed by atoms with Crippen LogP contribution in [0, 0.1) is 5.92 Å². The van der Waals surface area contributed by atoms with Gasteiger partial charge < -0.3 is 15.4 Å². The predicted octanol–water partition coefficient (Wildman–Crippen LogP) is 0.782. The Kier molecular flexibility index (Phi) is 5.73. The van der Waals surface area contributed by atoms with E-state index in [0.29, 0.717) is 22.8 Å². The minimum absolute atomic E-state index is 0.189. The number of fused-ring (bicyclic) bond motifs is 4. The molecule has 2 bridgehead atoms. The topological polar surface area (TPSA) is 84.6 Å². The monoisotopic (exact) mass is 357 g/mol. The third kappa shape index (κ3) is 4.34. The second-order valence-corrected chi connectivity index (χ2v) is 8.31. The van der Waals surface area contributed by atoms with Crippen LogP contribution in [0.25, 0.3) is 0 Å². The van der Waals surface area contributed by atoms with Crippen molar-refractivity contribution in [1.82, 2.24) is 20.0 Å². The number of nitrogens with two attached hydrogens (primary N) is 1. The van der Waals surface area contributed by atoms with Gasteiger partial charge in [-0.2, -0.15) is 0 Å². The number of hydrogen-bond acceptors (Lipinski definition) is 8. The van der Waals surface area contributed by atoms with Gasteiger partial charge >= 0.3 is 0 Å². The van der Waals surface area contributed by atoms with Crippen molar-refractivity contribution in [2.24, 2.45) is 5.92 Å². The fourth-order valence-corrected chi connectivity index (χ4v) is 4.90. The number of nitrogens with zero attached hydrogens (tertiary/aromatic N) is 4. The van der Waals surface area contributed by atoms with E-state index in [1.54, 1.807) is 7.11 Å². The van der Waals surface area contributed by atoms with Crippen LogP contribution in [0.2, 0.25) is 0 Å². The zero-order chi connectivity index (χ0) is 16.2. The number of piperidine rings is 1. The Morgan fingerprint density at radius 2 is 2.26 bits per heavy atom. The third-order valence-corrected chi connectivity index (χ3v) is 6.37. The van der Waals surface area contributed by atoms with Gasteiger partial charge in [0.2, 0.25) is 11.0 Å². The lowest BCUT2D eigenvalue weighted by molar-refractivity contribution is -0.128. The second-order valence-electron chi connectivity index (χ2n) is 6.08. The molecule has 1 aromatic heterocycles. The largest absolute Gasteiger partial charge is 0.383 e. The molecule has 2 N–H and O–H groups in total. The van der Waals surface area contributed by atoms with Crippen LogP contribution in [0.4, 0.5) is 5.13 Å². The summed E-state index contributed by atoms with van der Waals surface area (Å²) in [5.74, 6) is 1.18. The van der Waals surface area contributed by atoms with E-state index in [0.717, 1.165) is 37.1 Å². The van der Waals surface area contributed by atoms with E-state index in [2.05, 4.69) is 15.1 Å². The summed E-state index contributed by atoms with van der Waals surface area (Å²) in [6, 6.07) is 0.468. The number of aromatic nitrogens is 2. The van der Waals surface area contributed by atoms with Gasteiger partial charge in [0.25, 0.3) is 0 Å². The van der Waals surface area contributed by atoms with Crippen LogP contribution in [0.5, 0.6) is 0 Å². The van der Waals surface area contributed by atoms with Gasteiger partial charge in [-0.25, -0.2) is 0 Å². The van der Waals surface area contributed by atoms with Gasteiger partial charge in [0, 0.05) is 39.3 Å². The quantitative estimate of drug-likeness (QED) is 0.753. The molecule has 128 valence electrons. The van der Waals surface area contributed by atoms with Crippen molar-refractivity contribution in [2.45, 2.75) is 23.2 Å². The van der Waals surface area contributed by atoms with Crippen molar-refractivity contribution in [3.8, 4) is 0 Å². The smallest absolute Gasteiger partial charge is 0.233 e. The number of carbonyl (C=O) groups is 1. The highest BCUT2D eigenvalue weighted by Crippen LogP contribution is 2.29. The first-order valence-electron chi connectivity index (χ1n) is 7.88. The van der Waals surface area contributed by atoms with Crippen LogP contribution in [0.15, 0.2) is 4.34 Å². The number of ether oxygens (including phenoxy) is 1. The highest BCUT2D eigenvalue weighted by molar-refractivity contribution is 8.01. The lowest BCUT2D eigenvalue weighted by Crippen LogP contribution is -2.45. The number of thioether (sulfide) groups is 1. The molecular formula is C14H23N5O2S2. The van der Waals surface area contributed by atoms with Crippen molar-refractivity contribution >= 4 is 34.1 Å². The fraction of sp³-hybridized carbons (Fsp3) is 0.786. The van der Waals surface area contributed by atoms with Crippen molar-refractivity contribution in [1.29, 1.82) is 0 Å². The molecule has 23 heavy (non-hydrogen) atoms. The van der Waals surface area contributed by atoms with E-state index in [4.69, 9.17) is 10.5 Å². The van der Waals surface area contributed by atoms with Crippen molar-refractivity contribution in [2.75, 3.05) is 51.4 Å². The lowest BCUT2D eigenvalue weighted by atomic mass is 9.95. The number of hydrogen-bond donors (Lipinski definition) is 1. The van der Waals surface area contributed by atoms with Gasteiger partial charge in [-0.05, 0) is 18.8 Å². The summed E-state index contributed by atoms with van der Waals surface area (Å²) in [7, 11) is 1.74. The van der Waals surface area contributed by atoms with Crippen LogP contribution in [0.1, 0.15) is 12.8 Å². The van der Waals surface area contributed by atoms with E-state index in [-0.39, 0.29) is 5.91 Å². The molecule has 0 spiro atoms. The molecular weight excluding hydrogens is 334 g/mol. The van der Waals surface area contributed by atoms with E-state index in [1.807, 2.05) is 4.90 Å². The first-order chi connectivity index (χ1) is 11.2. The number of anilines is 1. The number of rotatable bonds is 6. The van der Waals surface area contributed by atoms with Crippen molar-refractivity contribution in [3.63, 3.8) is 0 Å². The van der Waals surface area contributed by atoms with E-state index < -0.39 is 0 Å². The highest BCUT2D eigenvalue weighted by atomic mass is 32.2. The molecule has 9 heteroatoms. The predicted molar refractivity (Wildman–Crippen MR) is 91.6 cm³/mol. The van der Waals surface area contributed by atoms with Gasteiger partial charge in [-0.15, -0.1) is 10.2 Å². The Balaban J connectivity index is 1.55. The van der Waals surface area contributed by atoms with Gasteiger partial charge in [-0.1, -0.05) is 23.1 Å². The van der Waals surface area contributed by atoms with E-state index >= 15 is 0 Å². The van der Waals surface area contributed by atoms with E-state index in [1.165, 1.54) is 35.9 Å². The minimum atomic E-state index is 0.189. The zero-order valence-corrected chi connectivity index (χ0v) is 14.9. The maximum absolute atomic E-state index is 12.6. The minimum Gasteiger partial charge on any atom is -0.383 e. The third-order valence-electron chi connectivity index (χ3n) is 4.50. The first kappa shape index (κ1) is 16.9. The summed E-state index contributed by atoms with van der Waals surface area (Å²) in [6.45, 7) is 4.50. The lowest BCUT2D eigenvalue weighted by Gasteiger charge is -2.35. The van der Waals surface area contributed by atoms with Crippen LogP contribution < -0.4 is 5.73 Å². The van der Waals surface area contributed by atoms with Gasteiger partial charge in [0.05, 0.1) is 12.4 Å². The summed E-state index contributed by atoms with van der Waals surface area (Å²) in [5.41, 5.74) is 5.57. The molecule has 1 aromatic rings. The Labute approximate surface area is 144 Å². The molecule has 7 nitrogen and oxygen atoms in total. The van der Waals surface area contributed by atoms with E-state index in [9.17, 15) is 4.79 Å². The molecule has 0 saturated carbocycles. The normalized spacial score (nSPS) is 24.8. The maximum Gasteiger partial charge on any atom is 0.233 e. The standard InChI is InChI=1S/C14H23N5O2S2/c1-21-5-4-18-6-10-2-3-11(18)8-19(7-10)12(20)9-22-14-17-16-13(15)23-14/h10-11H,2-9H2,1H3,(H2,15,16)/t10-,11-/m0/s1. The van der Waals surface area contributed by atoms with Crippen LogP contribution in [-0.4, -0.2) is 77.6 Å². The second kappa shape index (κ2) is 7.78. The van der Waals surface area contributed by atoms with Gasteiger partial charge in [-0.3, -0.25) is 9.69 Å². The molecule has 3 aliphatic rings. The summed E-state index contributed by atoms with van der Waals surface area (Å²) >= 11 is 2.76. The molecule has 3 fully saturated rings. The summed E-state index contributed by atoms with van der Waals surface area (Å²) in [6.07, 6.45) is 2.40. The Bertz CT molecular complexity index is 541. The average molecular weight is 358 g/mol. The van der Waals surface area contributed by atoms with Crippen molar-refractivity contribution in [3.05, 3.63) is 0 Å². The number of nitrogen functional groups attached to an aromatic ring is 1. The number of methoxy groups -OCH3 is 1. The Morgan fingerprint density at radius 1 is 1.39 bits per heavy atom. The Morgan fingerprint density at radius 3 is 3.00 bits per heavy atom. The summed E-state index contributed by atoms with van der Waals surface area (Å²) in [4.78, 5) is 17.1. The molecule has 1 amide bonds. The summed E-state index contributed by atoms with van der Waals surface area (Å²) < 4.78 is 5.97. The number of amides is 1. The van der Waals surface area contributed by atoms with Gasteiger partial charge in [0.15, 0.2) is 4.34 Å². The molecule has 0 aromatic carbocycles. The van der Waals surface area contributed by atoms with Crippen LogP contribution in [0.3, 0.4) is 0 Å². The molecule has 3 saturated heterocycles. The van der Waals surface area contributed by atoms with Crippen LogP contribution >= 0.6 is 23.1 Å². The Hall–Kier alpha value is -0.900. The summed E-state index contributed by atoms with van der Waals surface area (Å²) in [5, 5.41) is 8.18. The molecule has 3 aliphatic heterocycles. The maximum atomic E-state index is 12.6. The molecule has 2 atom stereocenters. The molecule has 0 radical (unpaired) electrons. The van der Waals surface area contributed by atoms with Crippen molar-refractivity contribution < 1.29 is 9.53 Å². The first-order valence-corrected chi connectivity index (χ1v) is 9.68. The van der Waals surface area contributed by atoms with Crippen LogP contribution in [-0.2, 0) is 9.53 Å². The number of carbonyl (C=O) groups excluding carboxylic acids is 1. The average Bonchev–Trinajstić information content (AvgIpc) is 2.77. The highest BCUT2D eigenvalue weighted by Gasteiger charge is 2.36. The molecule has 0 unspecified atom stereocenters. The van der Waals surface area contributed by atoms with Gasteiger partial charge in [0.1, 0.15) is 0 Å². The fourth-order valence-electron chi connectivity index (χ4n) is 3.36. The zero-order valence-electron chi connectivity index (χ0n) is 13.3. The molecule has 4 heterocycles. The molecule has 4 rings (SSSR count). The molecule has 0 aliphatic carbocycles. The SMILES string of the molecule is COCCN1C[C@@H]2CC[C@H]1CN(C(=O)CSc1nnc(N)s1)C2.